The van der Waals surface area contributed by atoms with Crippen molar-refractivity contribution in [3.63, 3.8) is 0 Å². The number of rotatable bonds is 5. The lowest BCUT2D eigenvalue weighted by Gasteiger charge is -2.33. The van der Waals surface area contributed by atoms with Crippen LogP contribution in [0.1, 0.15) is 24.2 Å². The van der Waals surface area contributed by atoms with Crippen LogP contribution in [0.15, 0.2) is 18.5 Å². The van der Waals surface area contributed by atoms with Crippen LogP contribution in [0.25, 0.3) is 11.4 Å². The highest BCUT2D eigenvalue weighted by molar-refractivity contribution is 7.86. The molecule has 25 heavy (non-hydrogen) atoms. The Kier molecular flexibility index (Phi) is 5.16. The Morgan fingerprint density at radius 1 is 1.28 bits per heavy atom. The average Bonchev–Trinajstić information content (AvgIpc) is 3.02. The number of hydrogen-bond donors (Lipinski definition) is 1. The second-order valence-corrected chi connectivity index (χ2v) is 8.83. The van der Waals surface area contributed by atoms with Crippen LogP contribution in [0.4, 0.5) is 0 Å². The van der Waals surface area contributed by atoms with Gasteiger partial charge in [-0.3, -0.25) is 15.1 Å². The maximum Gasteiger partial charge on any atom is 0.281 e. The van der Waals surface area contributed by atoms with Crippen LogP contribution in [0, 0.1) is 12.8 Å². The molecule has 8 nitrogen and oxygen atoms in total. The molecular formula is C16H24N6O2S. The molecule has 1 saturated heterocycles. The molecular weight excluding hydrogens is 340 g/mol. The first kappa shape index (κ1) is 18.0. The first-order valence-corrected chi connectivity index (χ1v) is 9.77. The molecule has 0 radical (unpaired) electrons. The molecule has 136 valence electrons. The van der Waals surface area contributed by atoms with Gasteiger partial charge in [0.2, 0.25) is 0 Å². The van der Waals surface area contributed by atoms with Crippen LogP contribution >= 0.6 is 0 Å². The number of aromatic nitrogens is 4. The summed E-state index contributed by atoms with van der Waals surface area (Å²) in [5.41, 5.74) is 3.36. The molecule has 0 unspecified atom stereocenters. The molecule has 0 aromatic carbocycles. The molecule has 2 aromatic rings. The summed E-state index contributed by atoms with van der Waals surface area (Å²) in [5.74, 6) is 0.260. The lowest BCUT2D eigenvalue weighted by molar-refractivity contribution is 0.253. The van der Waals surface area contributed by atoms with Crippen molar-refractivity contribution >= 4 is 10.2 Å². The number of H-pyrrole nitrogens is 1. The van der Waals surface area contributed by atoms with Gasteiger partial charge in [-0.2, -0.15) is 22.1 Å². The minimum atomic E-state index is -3.35. The van der Waals surface area contributed by atoms with E-state index in [-0.39, 0.29) is 5.92 Å². The second kappa shape index (κ2) is 7.19. The van der Waals surface area contributed by atoms with E-state index in [0.29, 0.717) is 13.1 Å². The van der Waals surface area contributed by atoms with Crippen molar-refractivity contribution in [2.24, 2.45) is 5.92 Å². The molecule has 0 amide bonds. The van der Waals surface area contributed by atoms with Gasteiger partial charge in [-0.15, -0.1) is 0 Å². The molecule has 9 heteroatoms. The second-order valence-electron chi connectivity index (χ2n) is 6.69. The van der Waals surface area contributed by atoms with Gasteiger partial charge in [-0.25, -0.2) is 0 Å². The zero-order chi connectivity index (χ0) is 18.0. The summed E-state index contributed by atoms with van der Waals surface area (Å²) in [4.78, 5) is 8.92. The lowest BCUT2D eigenvalue weighted by atomic mass is 9.95. The Morgan fingerprint density at radius 3 is 2.68 bits per heavy atom. The van der Waals surface area contributed by atoms with E-state index in [4.69, 9.17) is 0 Å². The third-order valence-corrected chi connectivity index (χ3v) is 6.35. The summed E-state index contributed by atoms with van der Waals surface area (Å²) in [5, 5.41) is 7.07. The van der Waals surface area contributed by atoms with E-state index in [1.165, 1.54) is 4.31 Å². The molecule has 1 aliphatic heterocycles. The molecule has 0 saturated carbocycles. The van der Waals surface area contributed by atoms with E-state index in [1.807, 2.05) is 13.0 Å². The zero-order valence-electron chi connectivity index (χ0n) is 14.8. The highest BCUT2D eigenvalue weighted by atomic mass is 32.2. The molecule has 3 heterocycles. The van der Waals surface area contributed by atoms with Crippen LogP contribution in [0.2, 0.25) is 0 Å². The normalized spacial score (nSPS) is 19.4. The van der Waals surface area contributed by atoms with Crippen LogP contribution < -0.4 is 0 Å². The predicted molar refractivity (Wildman–Crippen MR) is 95.0 cm³/mol. The Morgan fingerprint density at radius 2 is 2.08 bits per heavy atom. The van der Waals surface area contributed by atoms with E-state index in [9.17, 15) is 8.42 Å². The minimum absolute atomic E-state index is 0.260. The molecule has 1 atom stereocenters. The standard InChI is InChI=1S/C16H24N6O2S/c1-12-7-15(20-19-12)16-10-17-14(9-18-16)8-13-5-4-6-22(11-13)25(23,24)21(2)3/h7,9-10,13H,4-6,8,11H2,1-3H3,(H,19,20)/t13-/m0/s1. The Hall–Kier alpha value is -1.84. The molecule has 3 rings (SSSR count). The summed E-state index contributed by atoms with van der Waals surface area (Å²) >= 11 is 0. The molecule has 0 aliphatic carbocycles. The SMILES string of the molecule is Cc1cc(-c2cnc(C[C@@H]3CCCN(S(=O)(=O)N(C)C)C3)cn2)n[nH]1. The molecule has 0 spiro atoms. The van der Waals surface area contributed by atoms with Crippen LogP contribution in [0.5, 0.6) is 0 Å². The van der Waals surface area contributed by atoms with Gasteiger partial charge in [0.15, 0.2) is 0 Å². The lowest BCUT2D eigenvalue weighted by Crippen LogP contribution is -2.45. The van der Waals surface area contributed by atoms with E-state index in [0.717, 1.165) is 42.0 Å². The van der Waals surface area contributed by atoms with Crippen LogP contribution in [-0.2, 0) is 16.6 Å². The number of piperidine rings is 1. The van der Waals surface area contributed by atoms with Gasteiger partial charge in [0, 0.05) is 39.1 Å². The van der Waals surface area contributed by atoms with Crippen LogP contribution in [0.3, 0.4) is 0 Å². The fourth-order valence-corrected chi connectivity index (χ4v) is 4.29. The summed E-state index contributed by atoms with van der Waals surface area (Å²) in [6, 6.07) is 1.93. The summed E-state index contributed by atoms with van der Waals surface area (Å²) < 4.78 is 27.4. The fourth-order valence-electron chi connectivity index (χ4n) is 3.07. The first-order valence-electron chi connectivity index (χ1n) is 8.37. The van der Waals surface area contributed by atoms with E-state index in [2.05, 4.69) is 20.2 Å². The fraction of sp³-hybridized carbons (Fsp3) is 0.562. The number of aryl methyl sites for hydroxylation is 1. The van der Waals surface area contributed by atoms with Crippen LogP contribution in [-0.4, -0.2) is 64.4 Å². The third-order valence-electron chi connectivity index (χ3n) is 4.44. The van der Waals surface area contributed by atoms with Crippen molar-refractivity contribution < 1.29 is 8.42 Å². The van der Waals surface area contributed by atoms with E-state index >= 15 is 0 Å². The summed E-state index contributed by atoms with van der Waals surface area (Å²) in [7, 11) is -0.208. The number of nitrogens with one attached hydrogen (secondary N) is 1. The van der Waals surface area contributed by atoms with Gasteiger partial charge in [0.25, 0.3) is 10.2 Å². The molecule has 2 aromatic heterocycles. The van der Waals surface area contributed by atoms with Crippen molar-refractivity contribution in [3.05, 3.63) is 29.8 Å². The molecule has 1 aliphatic rings. The van der Waals surface area contributed by atoms with Gasteiger partial charge in [0.1, 0.15) is 11.4 Å². The predicted octanol–water partition coefficient (Wildman–Crippen LogP) is 1.24. The summed E-state index contributed by atoms with van der Waals surface area (Å²) in [6.07, 6.45) is 6.09. The molecule has 1 fully saturated rings. The minimum Gasteiger partial charge on any atom is -0.282 e. The van der Waals surface area contributed by atoms with Gasteiger partial charge >= 0.3 is 0 Å². The number of hydrogen-bond acceptors (Lipinski definition) is 5. The summed E-state index contributed by atoms with van der Waals surface area (Å²) in [6.45, 7) is 3.05. The van der Waals surface area contributed by atoms with Gasteiger partial charge < -0.3 is 0 Å². The van der Waals surface area contributed by atoms with Gasteiger partial charge in [-0.05, 0) is 38.2 Å². The highest BCUT2D eigenvalue weighted by Crippen LogP contribution is 2.23. The smallest absolute Gasteiger partial charge is 0.281 e. The highest BCUT2D eigenvalue weighted by Gasteiger charge is 2.30. The van der Waals surface area contributed by atoms with Gasteiger partial charge in [0.05, 0.1) is 11.9 Å². The largest absolute Gasteiger partial charge is 0.282 e. The first-order chi connectivity index (χ1) is 11.9. The van der Waals surface area contributed by atoms with E-state index in [1.54, 1.807) is 30.8 Å². The van der Waals surface area contributed by atoms with Gasteiger partial charge in [-0.1, -0.05) is 0 Å². The molecule has 0 bridgehead atoms. The zero-order valence-corrected chi connectivity index (χ0v) is 15.6. The maximum absolute atomic E-state index is 12.3. The van der Waals surface area contributed by atoms with Crippen molar-refractivity contribution in [1.29, 1.82) is 0 Å². The number of aromatic amines is 1. The van der Waals surface area contributed by atoms with Crippen molar-refractivity contribution in [3.8, 4) is 11.4 Å². The van der Waals surface area contributed by atoms with Crippen molar-refractivity contribution in [2.45, 2.75) is 26.2 Å². The van der Waals surface area contributed by atoms with Crippen molar-refractivity contribution in [1.82, 2.24) is 28.8 Å². The Balaban J connectivity index is 1.66. The quantitative estimate of drug-likeness (QED) is 0.861. The Labute approximate surface area is 148 Å². The monoisotopic (exact) mass is 364 g/mol. The van der Waals surface area contributed by atoms with Crippen molar-refractivity contribution in [2.75, 3.05) is 27.2 Å². The third kappa shape index (κ3) is 4.05. The average molecular weight is 364 g/mol. The molecule has 1 N–H and O–H groups in total. The maximum atomic E-state index is 12.3. The van der Waals surface area contributed by atoms with E-state index < -0.39 is 10.2 Å². The topological polar surface area (TPSA) is 95.1 Å². The number of nitrogens with zero attached hydrogens (tertiary/aromatic N) is 5. The Bertz CT molecular complexity index is 815.